The van der Waals surface area contributed by atoms with Crippen LogP contribution in [0.4, 0.5) is 0 Å². The van der Waals surface area contributed by atoms with Crippen LogP contribution in [0.2, 0.25) is 0 Å². The summed E-state index contributed by atoms with van der Waals surface area (Å²) in [4.78, 5) is 13.8. The summed E-state index contributed by atoms with van der Waals surface area (Å²) in [5, 5.41) is 3.08. The summed E-state index contributed by atoms with van der Waals surface area (Å²) in [5.74, 6) is 0.112. The minimum Gasteiger partial charge on any atom is -0.383 e. The summed E-state index contributed by atoms with van der Waals surface area (Å²) in [6.45, 7) is 3.13. The molecule has 1 aliphatic carbocycles. The molecule has 17 heavy (non-hydrogen) atoms. The second kappa shape index (κ2) is 8.44. The maximum absolute atomic E-state index is 11.8. The average Bonchev–Trinajstić information content (AvgIpc) is 2.78. The van der Waals surface area contributed by atoms with Gasteiger partial charge in [0, 0.05) is 32.8 Å². The van der Waals surface area contributed by atoms with Crippen molar-refractivity contribution in [1.29, 1.82) is 0 Å². The van der Waals surface area contributed by atoms with Gasteiger partial charge in [-0.25, -0.2) is 0 Å². The number of carbonyl (C=O) groups excluding carboxylic acids is 1. The maximum atomic E-state index is 11.8. The number of rotatable bonds is 8. The number of nitrogens with one attached hydrogen (secondary N) is 1. The molecule has 1 saturated carbocycles. The summed E-state index contributed by atoms with van der Waals surface area (Å²) in [6, 6.07) is 0.393. The van der Waals surface area contributed by atoms with Crippen molar-refractivity contribution < 1.29 is 9.53 Å². The molecule has 5 nitrogen and oxygen atoms in total. The molecule has 0 spiro atoms. The highest BCUT2D eigenvalue weighted by Gasteiger charge is 2.18. The summed E-state index contributed by atoms with van der Waals surface area (Å²) >= 11 is 0. The minimum atomic E-state index is 0.112. The quantitative estimate of drug-likeness (QED) is 0.627. The minimum absolute atomic E-state index is 0.112. The molecule has 1 fully saturated rings. The van der Waals surface area contributed by atoms with Gasteiger partial charge in [0.1, 0.15) is 0 Å². The first kappa shape index (κ1) is 14.4. The van der Waals surface area contributed by atoms with Crippen molar-refractivity contribution in [2.75, 3.05) is 39.9 Å². The van der Waals surface area contributed by atoms with E-state index in [2.05, 4.69) is 5.32 Å². The Bertz CT molecular complexity index is 218. The SMILES string of the molecule is COCCN(CCN)CC(=O)NC1CCCC1. The summed E-state index contributed by atoms with van der Waals surface area (Å²) in [6.07, 6.45) is 4.73. The molecule has 0 unspecified atom stereocenters. The topological polar surface area (TPSA) is 67.6 Å². The fourth-order valence-electron chi connectivity index (χ4n) is 2.22. The molecule has 0 atom stereocenters. The monoisotopic (exact) mass is 243 g/mol. The molecule has 5 heteroatoms. The van der Waals surface area contributed by atoms with Crippen LogP contribution in [0.25, 0.3) is 0 Å². The molecule has 1 aliphatic rings. The second-order valence-electron chi connectivity index (χ2n) is 4.61. The molecule has 100 valence electrons. The van der Waals surface area contributed by atoms with Crippen LogP contribution in [0.5, 0.6) is 0 Å². The van der Waals surface area contributed by atoms with E-state index in [0.29, 0.717) is 25.7 Å². The molecule has 0 bridgehead atoms. The van der Waals surface area contributed by atoms with Crippen molar-refractivity contribution in [2.24, 2.45) is 5.73 Å². The van der Waals surface area contributed by atoms with Crippen molar-refractivity contribution >= 4 is 5.91 Å². The first-order valence-electron chi connectivity index (χ1n) is 6.47. The van der Waals surface area contributed by atoms with Gasteiger partial charge in [0.15, 0.2) is 0 Å². The number of ether oxygens (including phenoxy) is 1. The zero-order valence-corrected chi connectivity index (χ0v) is 10.8. The molecular weight excluding hydrogens is 218 g/mol. The number of carbonyl (C=O) groups is 1. The first-order valence-corrected chi connectivity index (χ1v) is 6.47. The molecule has 0 aromatic rings. The molecule has 0 radical (unpaired) electrons. The standard InChI is InChI=1S/C12H25N3O2/c1-17-9-8-15(7-6-13)10-12(16)14-11-4-2-3-5-11/h11H,2-10,13H2,1H3,(H,14,16). The van der Waals surface area contributed by atoms with Crippen LogP contribution in [0.1, 0.15) is 25.7 Å². The lowest BCUT2D eigenvalue weighted by Gasteiger charge is -2.21. The van der Waals surface area contributed by atoms with E-state index in [0.717, 1.165) is 25.9 Å². The van der Waals surface area contributed by atoms with Crippen LogP contribution in [-0.2, 0) is 9.53 Å². The van der Waals surface area contributed by atoms with Gasteiger partial charge in [-0.05, 0) is 12.8 Å². The fourth-order valence-corrected chi connectivity index (χ4v) is 2.22. The van der Waals surface area contributed by atoms with Gasteiger partial charge >= 0.3 is 0 Å². The van der Waals surface area contributed by atoms with Crippen LogP contribution >= 0.6 is 0 Å². The molecule has 0 aliphatic heterocycles. The second-order valence-corrected chi connectivity index (χ2v) is 4.61. The number of methoxy groups -OCH3 is 1. The fraction of sp³-hybridized carbons (Fsp3) is 0.917. The van der Waals surface area contributed by atoms with E-state index in [1.807, 2.05) is 4.90 Å². The third kappa shape index (κ3) is 6.00. The lowest BCUT2D eigenvalue weighted by molar-refractivity contribution is -0.123. The molecule has 0 heterocycles. The Balaban J connectivity index is 2.23. The molecule has 0 aromatic heterocycles. The molecule has 1 amide bonds. The van der Waals surface area contributed by atoms with Crippen LogP contribution in [0.3, 0.4) is 0 Å². The van der Waals surface area contributed by atoms with E-state index in [1.54, 1.807) is 7.11 Å². The lowest BCUT2D eigenvalue weighted by atomic mass is 10.2. The van der Waals surface area contributed by atoms with E-state index in [-0.39, 0.29) is 5.91 Å². The van der Waals surface area contributed by atoms with Crippen LogP contribution in [-0.4, -0.2) is 56.7 Å². The number of hydrogen-bond acceptors (Lipinski definition) is 4. The number of amides is 1. The zero-order valence-electron chi connectivity index (χ0n) is 10.8. The van der Waals surface area contributed by atoms with Crippen molar-refractivity contribution in [2.45, 2.75) is 31.7 Å². The van der Waals surface area contributed by atoms with Crippen molar-refractivity contribution in [3.05, 3.63) is 0 Å². The number of hydrogen-bond donors (Lipinski definition) is 2. The van der Waals surface area contributed by atoms with Gasteiger partial charge in [-0.3, -0.25) is 9.69 Å². The predicted molar refractivity (Wildman–Crippen MR) is 67.8 cm³/mol. The van der Waals surface area contributed by atoms with Crippen LogP contribution in [0.15, 0.2) is 0 Å². The molecule has 3 N–H and O–H groups in total. The van der Waals surface area contributed by atoms with Crippen LogP contribution < -0.4 is 11.1 Å². The Morgan fingerprint density at radius 1 is 1.41 bits per heavy atom. The largest absolute Gasteiger partial charge is 0.383 e. The van der Waals surface area contributed by atoms with Crippen molar-refractivity contribution in [1.82, 2.24) is 10.2 Å². The van der Waals surface area contributed by atoms with Crippen molar-refractivity contribution in [3.63, 3.8) is 0 Å². The van der Waals surface area contributed by atoms with E-state index in [4.69, 9.17) is 10.5 Å². The van der Waals surface area contributed by atoms with E-state index >= 15 is 0 Å². The summed E-state index contributed by atoms with van der Waals surface area (Å²) in [5.41, 5.74) is 5.53. The van der Waals surface area contributed by atoms with Gasteiger partial charge in [-0.2, -0.15) is 0 Å². The van der Waals surface area contributed by atoms with Gasteiger partial charge in [-0.1, -0.05) is 12.8 Å². The Kier molecular flexibility index (Phi) is 7.16. The van der Waals surface area contributed by atoms with Gasteiger partial charge < -0.3 is 15.8 Å². The summed E-state index contributed by atoms with van der Waals surface area (Å²) < 4.78 is 5.02. The third-order valence-corrected chi connectivity index (χ3v) is 3.14. The van der Waals surface area contributed by atoms with Gasteiger partial charge in [0.2, 0.25) is 5.91 Å². The average molecular weight is 243 g/mol. The zero-order chi connectivity index (χ0) is 12.5. The van der Waals surface area contributed by atoms with Gasteiger partial charge in [0.25, 0.3) is 0 Å². The van der Waals surface area contributed by atoms with Crippen molar-refractivity contribution in [3.8, 4) is 0 Å². The predicted octanol–water partition coefficient (Wildman–Crippen LogP) is -0.0477. The van der Waals surface area contributed by atoms with Gasteiger partial charge in [0.05, 0.1) is 13.2 Å². The molecular formula is C12H25N3O2. The third-order valence-electron chi connectivity index (χ3n) is 3.14. The number of nitrogens with zero attached hydrogens (tertiary/aromatic N) is 1. The molecule has 0 saturated heterocycles. The van der Waals surface area contributed by atoms with E-state index < -0.39 is 0 Å². The first-order chi connectivity index (χ1) is 8.26. The molecule has 0 aromatic carbocycles. The lowest BCUT2D eigenvalue weighted by Crippen LogP contribution is -2.43. The van der Waals surface area contributed by atoms with Gasteiger partial charge in [-0.15, -0.1) is 0 Å². The van der Waals surface area contributed by atoms with Crippen LogP contribution in [0, 0.1) is 0 Å². The number of nitrogens with two attached hydrogens (primary N) is 1. The maximum Gasteiger partial charge on any atom is 0.234 e. The Morgan fingerprint density at radius 3 is 2.71 bits per heavy atom. The Labute approximate surface area is 104 Å². The molecule has 1 rings (SSSR count). The van der Waals surface area contributed by atoms with E-state index in [1.165, 1.54) is 12.8 Å². The summed E-state index contributed by atoms with van der Waals surface area (Å²) in [7, 11) is 1.67. The van der Waals surface area contributed by atoms with E-state index in [9.17, 15) is 4.79 Å². The Morgan fingerprint density at radius 2 is 2.12 bits per heavy atom. The normalized spacial score (nSPS) is 16.6. The smallest absolute Gasteiger partial charge is 0.234 e. The highest BCUT2D eigenvalue weighted by Crippen LogP contribution is 2.17. The Hall–Kier alpha value is -0.650. The highest BCUT2D eigenvalue weighted by molar-refractivity contribution is 5.78. The highest BCUT2D eigenvalue weighted by atomic mass is 16.5.